The van der Waals surface area contributed by atoms with Gasteiger partial charge in [-0.1, -0.05) is 49.0 Å². The lowest BCUT2D eigenvalue weighted by atomic mass is 10.0. The minimum Gasteiger partial charge on any atom is -0.497 e. The van der Waals surface area contributed by atoms with E-state index in [0.29, 0.717) is 6.42 Å². The molecule has 0 aliphatic carbocycles. The van der Waals surface area contributed by atoms with E-state index in [2.05, 4.69) is 12.1 Å². The van der Waals surface area contributed by atoms with Crippen LogP contribution in [0.2, 0.25) is 0 Å². The zero-order valence-corrected chi connectivity index (χ0v) is 21.4. The van der Waals surface area contributed by atoms with Crippen molar-refractivity contribution in [3.8, 4) is 16.9 Å². The summed E-state index contributed by atoms with van der Waals surface area (Å²) in [6.07, 6.45) is 1.29. The van der Waals surface area contributed by atoms with E-state index in [4.69, 9.17) is 9.72 Å². The van der Waals surface area contributed by atoms with Gasteiger partial charge in [-0.15, -0.1) is 0 Å². The summed E-state index contributed by atoms with van der Waals surface area (Å²) in [7, 11) is -1.45. The van der Waals surface area contributed by atoms with Gasteiger partial charge in [0, 0.05) is 23.5 Å². The Balaban J connectivity index is 1.62. The van der Waals surface area contributed by atoms with Crippen LogP contribution in [0, 0.1) is 0 Å². The highest BCUT2D eigenvalue weighted by Crippen LogP contribution is 2.34. The van der Waals surface area contributed by atoms with Crippen LogP contribution in [0.4, 0.5) is 0 Å². The van der Waals surface area contributed by atoms with Crippen LogP contribution < -0.4 is 4.74 Å². The molecule has 0 N–H and O–H groups in total. The minimum atomic E-state index is -3.07. The van der Waals surface area contributed by atoms with E-state index < -0.39 is 9.84 Å². The van der Waals surface area contributed by atoms with Crippen LogP contribution in [-0.4, -0.2) is 60.7 Å². The summed E-state index contributed by atoms with van der Waals surface area (Å²) in [6.45, 7) is 4.01. The first-order valence-electron chi connectivity index (χ1n) is 11.5. The number of methoxy groups -OCH3 is 1. The van der Waals surface area contributed by atoms with Crippen LogP contribution in [0.25, 0.3) is 22.0 Å². The summed E-state index contributed by atoms with van der Waals surface area (Å²) < 4.78 is 29.5. The molecule has 34 heavy (non-hydrogen) atoms. The molecule has 8 heteroatoms. The lowest BCUT2D eigenvalue weighted by Gasteiger charge is -2.33. The SMILES string of the molecule is CC[C@@H](C)N(C(=O)CSc1cc(-c2ccccc2)c2ccc(OC)cc2n1)[C@H]1CCS(=O)(=O)C1. The summed E-state index contributed by atoms with van der Waals surface area (Å²) >= 11 is 1.39. The maximum absolute atomic E-state index is 13.3. The number of amides is 1. The highest BCUT2D eigenvalue weighted by Gasteiger charge is 2.36. The molecule has 1 amide bonds. The molecule has 0 spiro atoms. The highest BCUT2D eigenvalue weighted by molar-refractivity contribution is 7.99. The Labute approximate surface area is 205 Å². The van der Waals surface area contributed by atoms with Crippen molar-refractivity contribution in [3.05, 3.63) is 54.6 Å². The van der Waals surface area contributed by atoms with Crippen LogP contribution >= 0.6 is 11.8 Å². The van der Waals surface area contributed by atoms with E-state index in [1.807, 2.05) is 56.3 Å². The number of carbonyl (C=O) groups is 1. The molecule has 2 atom stereocenters. The van der Waals surface area contributed by atoms with Gasteiger partial charge in [-0.2, -0.15) is 0 Å². The number of rotatable bonds is 8. The molecular formula is C26H30N2O4S2. The summed E-state index contributed by atoms with van der Waals surface area (Å²) in [5.41, 5.74) is 2.92. The Morgan fingerprint density at radius 3 is 2.62 bits per heavy atom. The maximum Gasteiger partial charge on any atom is 0.233 e. The maximum atomic E-state index is 13.3. The summed E-state index contributed by atoms with van der Waals surface area (Å²) in [4.78, 5) is 19.9. The van der Waals surface area contributed by atoms with Crippen molar-refractivity contribution in [3.63, 3.8) is 0 Å². The van der Waals surface area contributed by atoms with Crippen molar-refractivity contribution < 1.29 is 17.9 Å². The van der Waals surface area contributed by atoms with E-state index in [9.17, 15) is 13.2 Å². The smallest absolute Gasteiger partial charge is 0.233 e. The van der Waals surface area contributed by atoms with Gasteiger partial charge in [-0.25, -0.2) is 13.4 Å². The lowest BCUT2D eigenvalue weighted by molar-refractivity contribution is -0.132. The number of nitrogens with zero attached hydrogens (tertiary/aromatic N) is 2. The molecule has 0 radical (unpaired) electrons. The summed E-state index contributed by atoms with van der Waals surface area (Å²) in [6, 6.07) is 17.7. The Bertz CT molecular complexity index is 1280. The Morgan fingerprint density at radius 1 is 1.21 bits per heavy atom. The first-order valence-corrected chi connectivity index (χ1v) is 14.3. The number of hydrogen-bond donors (Lipinski definition) is 0. The first kappa shape index (κ1) is 24.5. The van der Waals surface area contributed by atoms with E-state index in [1.54, 1.807) is 12.0 Å². The summed E-state index contributed by atoms with van der Waals surface area (Å²) in [5.74, 6) is 1.09. The molecule has 0 bridgehead atoms. The van der Waals surface area contributed by atoms with Crippen molar-refractivity contribution in [2.45, 2.75) is 43.8 Å². The quantitative estimate of drug-likeness (QED) is 0.415. The van der Waals surface area contributed by atoms with Crippen molar-refractivity contribution in [2.75, 3.05) is 24.4 Å². The molecule has 1 aliphatic heterocycles. The van der Waals surface area contributed by atoms with E-state index in [1.165, 1.54) is 11.8 Å². The molecule has 1 aliphatic rings. The predicted octanol–water partition coefficient (Wildman–Crippen LogP) is 4.82. The molecule has 4 rings (SSSR count). The third-order valence-corrected chi connectivity index (χ3v) is 9.02. The molecule has 2 aromatic carbocycles. The third kappa shape index (κ3) is 5.39. The number of aromatic nitrogens is 1. The molecule has 1 aromatic heterocycles. The second-order valence-electron chi connectivity index (χ2n) is 8.66. The molecule has 180 valence electrons. The fourth-order valence-electron chi connectivity index (χ4n) is 4.45. The van der Waals surface area contributed by atoms with Crippen molar-refractivity contribution in [2.24, 2.45) is 0 Å². The van der Waals surface area contributed by atoms with Gasteiger partial charge < -0.3 is 9.64 Å². The Kier molecular flexibility index (Phi) is 7.48. The lowest BCUT2D eigenvalue weighted by Crippen LogP contribution is -2.47. The van der Waals surface area contributed by atoms with Gasteiger partial charge in [0.05, 0.1) is 34.9 Å². The number of fused-ring (bicyclic) bond motifs is 1. The molecule has 1 saturated heterocycles. The number of hydrogen-bond acceptors (Lipinski definition) is 6. The average Bonchev–Trinajstić information content (AvgIpc) is 3.21. The van der Waals surface area contributed by atoms with Gasteiger partial charge in [0.1, 0.15) is 5.75 Å². The van der Waals surface area contributed by atoms with Gasteiger partial charge in [-0.05, 0) is 49.1 Å². The third-order valence-electron chi connectivity index (χ3n) is 6.38. The topological polar surface area (TPSA) is 76.6 Å². The molecule has 6 nitrogen and oxygen atoms in total. The molecule has 0 unspecified atom stereocenters. The normalized spacial score (nSPS) is 18.0. The fraction of sp³-hybridized carbons (Fsp3) is 0.385. The molecule has 0 saturated carbocycles. The molecule has 1 fully saturated rings. The largest absolute Gasteiger partial charge is 0.497 e. The number of pyridine rings is 1. The molecular weight excluding hydrogens is 468 g/mol. The van der Waals surface area contributed by atoms with Gasteiger partial charge in [0.15, 0.2) is 9.84 Å². The van der Waals surface area contributed by atoms with Crippen LogP contribution in [0.1, 0.15) is 26.7 Å². The molecule has 3 aromatic rings. The second kappa shape index (κ2) is 10.4. The standard InChI is InChI=1S/C26H30N2O4S2/c1-4-18(2)28(20-12-13-34(30,31)17-20)26(29)16-33-25-15-23(19-8-6-5-7-9-19)22-11-10-21(32-3)14-24(22)27-25/h5-11,14-15,18,20H,4,12-13,16-17H2,1-3H3/t18-,20+/m1/s1. The van der Waals surface area contributed by atoms with Gasteiger partial charge in [0.25, 0.3) is 0 Å². The minimum absolute atomic E-state index is 0.0138. The van der Waals surface area contributed by atoms with Crippen LogP contribution in [0.3, 0.4) is 0 Å². The van der Waals surface area contributed by atoms with Crippen molar-refractivity contribution in [1.29, 1.82) is 0 Å². The average molecular weight is 499 g/mol. The second-order valence-corrected chi connectivity index (χ2v) is 11.9. The van der Waals surface area contributed by atoms with Gasteiger partial charge >= 0.3 is 0 Å². The first-order chi connectivity index (χ1) is 16.3. The van der Waals surface area contributed by atoms with Gasteiger partial charge in [-0.3, -0.25) is 4.79 Å². The van der Waals surface area contributed by atoms with Crippen LogP contribution in [0.15, 0.2) is 59.6 Å². The number of thioether (sulfide) groups is 1. The number of benzene rings is 2. The van der Waals surface area contributed by atoms with Crippen LogP contribution in [0.5, 0.6) is 5.75 Å². The zero-order valence-electron chi connectivity index (χ0n) is 19.7. The summed E-state index contributed by atoms with van der Waals surface area (Å²) in [5, 5.41) is 1.76. The number of sulfone groups is 1. The van der Waals surface area contributed by atoms with E-state index in [-0.39, 0.29) is 35.2 Å². The van der Waals surface area contributed by atoms with E-state index in [0.717, 1.165) is 39.2 Å². The van der Waals surface area contributed by atoms with Crippen molar-refractivity contribution >= 4 is 38.4 Å². The molecule has 2 heterocycles. The van der Waals surface area contributed by atoms with Crippen LogP contribution in [-0.2, 0) is 14.6 Å². The highest BCUT2D eigenvalue weighted by atomic mass is 32.2. The predicted molar refractivity (Wildman–Crippen MR) is 138 cm³/mol. The zero-order chi connectivity index (χ0) is 24.3. The number of ether oxygens (including phenoxy) is 1. The van der Waals surface area contributed by atoms with E-state index >= 15 is 0 Å². The van der Waals surface area contributed by atoms with Crippen molar-refractivity contribution in [1.82, 2.24) is 9.88 Å². The Hall–Kier alpha value is -2.58. The Morgan fingerprint density at radius 2 is 1.97 bits per heavy atom. The van der Waals surface area contributed by atoms with Gasteiger partial charge in [0.2, 0.25) is 5.91 Å². The monoisotopic (exact) mass is 498 g/mol. The fourth-order valence-corrected chi connectivity index (χ4v) is 6.95. The number of carbonyl (C=O) groups excluding carboxylic acids is 1.